The summed E-state index contributed by atoms with van der Waals surface area (Å²) in [5.74, 6) is 0.310. The summed E-state index contributed by atoms with van der Waals surface area (Å²) in [4.78, 5) is 15.1. The van der Waals surface area contributed by atoms with Gasteiger partial charge in [-0.05, 0) is 36.4 Å². The van der Waals surface area contributed by atoms with Gasteiger partial charge in [0, 0.05) is 0 Å². The van der Waals surface area contributed by atoms with Crippen molar-refractivity contribution in [3.8, 4) is 5.75 Å². The zero-order valence-corrected chi connectivity index (χ0v) is 15.3. The monoisotopic (exact) mass is 399 g/mol. The van der Waals surface area contributed by atoms with Gasteiger partial charge in [0.15, 0.2) is 15.5 Å². The second-order valence-electron chi connectivity index (χ2n) is 4.99. The molecule has 0 spiro atoms. The summed E-state index contributed by atoms with van der Waals surface area (Å²) in [5, 5.41) is 0.172. The van der Waals surface area contributed by atoms with Crippen LogP contribution in [-0.4, -0.2) is 11.3 Å². The highest BCUT2D eigenvalue weighted by molar-refractivity contribution is 9.09. The number of carbonyl (C=O) groups is 1. The molecule has 2 nitrogen and oxygen atoms in total. The predicted molar refractivity (Wildman–Crippen MR) is 101 cm³/mol. The zero-order valence-electron chi connectivity index (χ0n) is 12.9. The van der Waals surface area contributed by atoms with E-state index < -0.39 is 0 Å². The number of ether oxygens (including phenoxy) is 1. The average molecular weight is 400 g/mol. The van der Waals surface area contributed by atoms with Crippen LogP contribution >= 0.6 is 15.9 Å². The van der Waals surface area contributed by atoms with Gasteiger partial charge in [-0.2, -0.15) is 0 Å². The van der Waals surface area contributed by atoms with Crippen LogP contribution in [0.1, 0.15) is 0 Å². The molecule has 0 amide bonds. The van der Waals surface area contributed by atoms with E-state index in [9.17, 15) is 4.79 Å². The highest BCUT2D eigenvalue weighted by atomic mass is 79.9. The molecule has 0 atom stereocenters. The summed E-state index contributed by atoms with van der Waals surface area (Å²) in [6.07, 6.45) is 0. The molecule has 0 heterocycles. The largest absolute Gasteiger partial charge is 0.420 e. The van der Waals surface area contributed by atoms with Gasteiger partial charge in [0.2, 0.25) is 4.90 Å². The molecule has 24 heavy (non-hydrogen) atoms. The molecule has 0 saturated heterocycles. The summed E-state index contributed by atoms with van der Waals surface area (Å²) in [6.45, 7) is 0. The zero-order chi connectivity index (χ0) is 16.8. The predicted octanol–water partition coefficient (Wildman–Crippen LogP) is 5.08. The lowest BCUT2D eigenvalue weighted by Gasteiger charge is -2.11. The number of halogens is 1. The third-order valence-corrected chi connectivity index (χ3v) is 6.08. The first-order valence-electron chi connectivity index (χ1n) is 7.49. The fourth-order valence-corrected chi connectivity index (χ4v) is 4.63. The fraction of sp³-hybridized carbons (Fsp3) is 0.0500. The smallest absolute Gasteiger partial charge is 0.322 e. The van der Waals surface area contributed by atoms with E-state index in [1.54, 1.807) is 0 Å². The first-order chi connectivity index (χ1) is 11.8. The van der Waals surface area contributed by atoms with Gasteiger partial charge in [-0.15, -0.1) is 0 Å². The maximum Gasteiger partial charge on any atom is 0.322 e. The number of rotatable bonds is 5. The van der Waals surface area contributed by atoms with E-state index >= 15 is 0 Å². The normalized spacial score (nSPS) is 10.6. The minimum absolute atomic E-state index is 0.172. The van der Waals surface area contributed by atoms with Crippen LogP contribution in [0.2, 0.25) is 0 Å². The Hall–Kier alpha value is -2.04. The highest BCUT2D eigenvalue weighted by Crippen LogP contribution is 2.36. The lowest BCUT2D eigenvalue weighted by Crippen LogP contribution is -2.13. The molecule has 3 rings (SSSR count). The minimum Gasteiger partial charge on any atom is -0.420 e. The van der Waals surface area contributed by atoms with Gasteiger partial charge >= 0.3 is 5.97 Å². The number of hydrogen-bond donors (Lipinski definition) is 0. The van der Waals surface area contributed by atoms with Crippen molar-refractivity contribution < 1.29 is 9.53 Å². The first kappa shape index (κ1) is 16.8. The Morgan fingerprint density at radius 3 is 1.83 bits per heavy atom. The van der Waals surface area contributed by atoms with Crippen LogP contribution in [0.4, 0.5) is 0 Å². The van der Waals surface area contributed by atoms with Crippen LogP contribution < -0.4 is 4.74 Å². The van der Waals surface area contributed by atoms with E-state index in [0.717, 1.165) is 4.90 Å². The number of hydrogen-bond acceptors (Lipinski definition) is 2. The van der Waals surface area contributed by atoms with Crippen LogP contribution in [0.3, 0.4) is 0 Å². The molecule has 0 aliphatic heterocycles. The van der Waals surface area contributed by atoms with Crippen molar-refractivity contribution in [1.29, 1.82) is 0 Å². The van der Waals surface area contributed by atoms with Crippen molar-refractivity contribution in [1.82, 2.24) is 0 Å². The number of alkyl halides is 1. The summed E-state index contributed by atoms with van der Waals surface area (Å²) in [6, 6.07) is 28.3. The molecular weight excluding hydrogens is 384 g/mol. The second kappa shape index (κ2) is 8.18. The second-order valence-corrected chi connectivity index (χ2v) is 7.54. The lowest BCUT2D eigenvalue weighted by atomic mass is 10.3. The molecule has 4 heteroatoms. The molecule has 0 bridgehead atoms. The Labute approximate surface area is 153 Å². The molecule has 120 valence electrons. The molecule has 0 radical (unpaired) electrons. The molecule has 0 fully saturated rings. The van der Waals surface area contributed by atoms with E-state index in [-0.39, 0.29) is 22.2 Å². The van der Waals surface area contributed by atoms with Crippen LogP contribution in [-0.2, 0) is 15.7 Å². The molecule has 3 aromatic carbocycles. The van der Waals surface area contributed by atoms with Gasteiger partial charge < -0.3 is 4.74 Å². The number of carbonyl (C=O) groups excluding carboxylic acids is 1. The van der Waals surface area contributed by atoms with E-state index in [1.807, 2.05) is 60.7 Å². The van der Waals surface area contributed by atoms with Gasteiger partial charge in [-0.25, -0.2) is 0 Å². The highest BCUT2D eigenvalue weighted by Gasteiger charge is 2.32. The molecule has 0 aliphatic carbocycles. The number of esters is 1. The SMILES string of the molecule is O=C(CBr)Oc1ccccc1[S+](c1ccccc1)c1ccccc1. The third kappa shape index (κ3) is 3.89. The number of benzene rings is 3. The van der Waals surface area contributed by atoms with E-state index in [2.05, 4.69) is 40.2 Å². The first-order valence-corrected chi connectivity index (χ1v) is 9.84. The summed E-state index contributed by atoms with van der Waals surface area (Å²) >= 11 is 3.15. The topological polar surface area (TPSA) is 26.3 Å². The average Bonchev–Trinajstić information content (AvgIpc) is 2.65. The maximum absolute atomic E-state index is 11.8. The van der Waals surface area contributed by atoms with Crippen molar-refractivity contribution >= 4 is 32.8 Å². The van der Waals surface area contributed by atoms with Gasteiger partial charge in [0.05, 0.1) is 0 Å². The molecule has 0 aliphatic rings. The molecule has 0 saturated carbocycles. The Morgan fingerprint density at radius 2 is 1.29 bits per heavy atom. The fourth-order valence-electron chi connectivity index (χ4n) is 2.36. The Morgan fingerprint density at radius 1 is 0.792 bits per heavy atom. The molecule has 0 aromatic heterocycles. The van der Waals surface area contributed by atoms with E-state index in [0.29, 0.717) is 5.75 Å². The Balaban J connectivity index is 2.12. The van der Waals surface area contributed by atoms with E-state index in [1.165, 1.54) is 9.79 Å². The lowest BCUT2D eigenvalue weighted by molar-refractivity contribution is -0.131. The molecular formula is C20H16BrO2S+. The summed E-state index contributed by atoms with van der Waals surface area (Å²) < 4.78 is 5.54. The number of para-hydroxylation sites is 1. The minimum atomic E-state index is -0.337. The van der Waals surface area contributed by atoms with E-state index in [4.69, 9.17) is 4.74 Å². The van der Waals surface area contributed by atoms with Crippen molar-refractivity contribution in [3.63, 3.8) is 0 Å². The van der Waals surface area contributed by atoms with Gasteiger partial charge in [-0.3, -0.25) is 4.79 Å². The van der Waals surface area contributed by atoms with Crippen molar-refractivity contribution in [3.05, 3.63) is 84.9 Å². The summed E-state index contributed by atoms with van der Waals surface area (Å²) in [7, 11) is -0.337. The molecule has 0 unspecified atom stereocenters. The molecule has 0 N–H and O–H groups in total. The third-order valence-electron chi connectivity index (χ3n) is 3.36. The Kier molecular flexibility index (Phi) is 5.72. The Bertz CT molecular complexity index is 767. The van der Waals surface area contributed by atoms with Crippen LogP contribution in [0.15, 0.2) is 99.6 Å². The van der Waals surface area contributed by atoms with Crippen LogP contribution in [0.25, 0.3) is 0 Å². The standard InChI is InChI=1S/C20H16BrO2S/c21-15-20(22)23-18-13-7-8-14-19(18)24(16-9-3-1-4-10-16)17-11-5-2-6-12-17/h1-14H,15H2/q+1. The van der Waals surface area contributed by atoms with Crippen molar-refractivity contribution in [2.24, 2.45) is 0 Å². The van der Waals surface area contributed by atoms with Gasteiger partial charge in [0.25, 0.3) is 0 Å². The van der Waals surface area contributed by atoms with Gasteiger partial charge in [-0.1, -0.05) is 64.5 Å². The molecule has 3 aromatic rings. The maximum atomic E-state index is 11.8. The summed E-state index contributed by atoms with van der Waals surface area (Å²) in [5.41, 5.74) is 0. The van der Waals surface area contributed by atoms with Crippen molar-refractivity contribution in [2.45, 2.75) is 14.7 Å². The van der Waals surface area contributed by atoms with Crippen molar-refractivity contribution in [2.75, 3.05) is 5.33 Å². The van der Waals surface area contributed by atoms with Crippen LogP contribution in [0.5, 0.6) is 5.75 Å². The quantitative estimate of drug-likeness (QED) is 0.258. The van der Waals surface area contributed by atoms with Gasteiger partial charge in [0.1, 0.15) is 16.2 Å². The van der Waals surface area contributed by atoms with Crippen LogP contribution in [0, 0.1) is 0 Å².